The molecule has 0 radical (unpaired) electrons. The number of nitrogens with zero attached hydrogens (tertiary/aromatic N) is 2. The van der Waals surface area contributed by atoms with Gasteiger partial charge in [0.15, 0.2) is 5.16 Å². The van der Waals surface area contributed by atoms with Crippen LogP contribution in [-0.2, 0) is 17.6 Å². The van der Waals surface area contributed by atoms with E-state index in [1.807, 2.05) is 6.92 Å². The molecule has 6 heteroatoms. The number of hydrogen-bond acceptors (Lipinski definition) is 5. The largest absolute Gasteiger partial charge is 0.508 e. The van der Waals surface area contributed by atoms with Crippen LogP contribution < -0.4 is 5.56 Å². The van der Waals surface area contributed by atoms with Gasteiger partial charge in [0, 0.05) is 10.6 Å². The van der Waals surface area contributed by atoms with E-state index in [9.17, 15) is 9.90 Å². The summed E-state index contributed by atoms with van der Waals surface area (Å²) in [5.74, 6) is 0.900. The summed E-state index contributed by atoms with van der Waals surface area (Å²) < 4.78 is 1.72. The van der Waals surface area contributed by atoms with E-state index in [1.54, 1.807) is 45.9 Å². The van der Waals surface area contributed by atoms with Gasteiger partial charge in [0.25, 0.3) is 5.56 Å². The molecule has 1 N–H and O–H groups in total. The van der Waals surface area contributed by atoms with Crippen LogP contribution in [0.15, 0.2) is 52.4 Å². The fourth-order valence-corrected chi connectivity index (χ4v) is 6.19. The fourth-order valence-electron chi connectivity index (χ4n) is 4.07. The van der Waals surface area contributed by atoms with Crippen LogP contribution in [-0.4, -0.2) is 14.7 Å². The van der Waals surface area contributed by atoms with Crippen molar-refractivity contribution in [2.75, 3.05) is 0 Å². The maximum absolute atomic E-state index is 13.8. The highest BCUT2D eigenvalue weighted by atomic mass is 32.2. The topological polar surface area (TPSA) is 55.1 Å². The highest BCUT2D eigenvalue weighted by Gasteiger charge is 2.20. The maximum Gasteiger partial charge on any atom is 0.267 e. The lowest BCUT2D eigenvalue weighted by Crippen LogP contribution is -2.22. The Balaban J connectivity index is 1.82. The molecule has 172 valence electrons. The van der Waals surface area contributed by atoms with Crippen LogP contribution in [0, 0.1) is 13.8 Å². The summed E-state index contributed by atoms with van der Waals surface area (Å²) in [6.07, 6.45) is 0.796. The molecule has 0 fully saturated rings. The Morgan fingerprint density at radius 3 is 2.39 bits per heavy atom. The van der Waals surface area contributed by atoms with Gasteiger partial charge in [-0.3, -0.25) is 9.36 Å². The summed E-state index contributed by atoms with van der Waals surface area (Å²) in [6, 6.07) is 13.8. The number of phenols is 1. The maximum atomic E-state index is 13.8. The standard InChI is InChI=1S/C27H30N2O2S2/c1-7-21-17(3)33-24-23(21)25(31)29(22-13-12-20(30)14-16(22)2)26(28-24)32-15-18-8-10-19(11-9-18)27(4,5)6/h8-14,30H,7,15H2,1-6H3. The third-order valence-electron chi connectivity index (χ3n) is 5.96. The molecule has 33 heavy (non-hydrogen) atoms. The Labute approximate surface area is 203 Å². The first-order chi connectivity index (χ1) is 15.6. The van der Waals surface area contributed by atoms with Crippen LogP contribution in [0.1, 0.15) is 54.8 Å². The summed E-state index contributed by atoms with van der Waals surface area (Å²) in [7, 11) is 0. The van der Waals surface area contributed by atoms with Crippen LogP contribution in [0.3, 0.4) is 0 Å². The zero-order valence-corrected chi connectivity index (χ0v) is 21.7. The first-order valence-electron chi connectivity index (χ1n) is 11.2. The van der Waals surface area contributed by atoms with Gasteiger partial charge >= 0.3 is 0 Å². The Kier molecular flexibility index (Phi) is 6.43. The molecule has 0 unspecified atom stereocenters. The quantitative estimate of drug-likeness (QED) is 0.250. The van der Waals surface area contributed by atoms with Crippen LogP contribution in [0.4, 0.5) is 0 Å². The molecule has 4 rings (SSSR count). The lowest BCUT2D eigenvalue weighted by Gasteiger charge is -2.19. The monoisotopic (exact) mass is 478 g/mol. The second-order valence-electron chi connectivity index (χ2n) is 9.41. The van der Waals surface area contributed by atoms with Gasteiger partial charge in [-0.15, -0.1) is 11.3 Å². The molecule has 0 saturated carbocycles. The molecule has 0 spiro atoms. The van der Waals surface area contributed by atoms with E-state index in [2.05, 4.69) is 58.9 Å². The summed E-state index contributed by atoms with van der Waals surface area (Å²) in [4.78, 5) is 20.7. The average Bonchev–Trinajstić information content (AvgIpc) is 3.08. The predicted molar refractivity (Wildman–Crippen MR) is 140 cm³/mol. The minimum absolute atomic E-state index is 0.0411. The highest BCUT2D eigenvalue weighted by molar-refractivity contribution is 7.98. The molecule has 2 heterocycles. The van der Waals surface area contributed by atoms with Gasteiger partial charge in [0.05, 0.1) is 11.1 Å². The van der Waals surface area contributed by atoms with E-state index in [1.165, 1.54) is 11.1 Å². The molecular formula is C27H30N2O2S2. The normalized spacial score (nSPS) is 11.9. The molecule has 4 nitrogen and oxygen atoms in total. The molecule has 0 aliphatic rings. The first kappa shape index (κ1) is 23.6. The van der Waals surface area contributed by atoms with Crippen molar-refractivity contribution in [3.05, 3.63) is 79.9 Å². The zero-order chi connectivity index (χ0) is 23.9. The molecule has 2 aromatic heterocycles. The number of phenolic OH excluding ortho intramolecular Hbond substituents is 1. The second-order valence-corrected chi connectivity index (χ2v) is 11.6. The number of fused-ring (bicyclic) bond motifs is 1. The van der Waals surface area contributed by atoms with Crippen LogP contribution in [0.5, 0.6) is 5.75 Å². The predicted octanol–water partition coefficient (Wildman–Crippen LogP) is 6.92. The number of aryl methyl sites for hydroxylation is 3. The molecular weight excluding hydrogens is 448 g/mol. The molecule has 0 amide bonds. The third-order valence-corrected chi connectivity index (χ3v) is 8.01. The van der Waals surface area contributed by atoms with Crippen molar-refractivity contribution in [3.8, 4) is 11.4 Å². The molecule has 0 atom stereocenters. The van der Waals surface area contributed by atoms with Crippen molar-refractivity contribution in [2.45, 2.75) is 64.3 Å². The lowest BCUT2D eigenvalue weighted by atomic mass is 9.87. The number of benzene rings is 2. The number of aromatic nitrogens is 2. The fraction of sp³-hybridized carbons (Fsp3) is 0.333. The van der Waals surface area contributed by atoms with Crippen LogP contribution in [0.2, 0.25) is 0 Å². The summed E-state index contributed by atoms with van der Waals surface area (Å²) in [6.45, 7) is 12.7. The molecule has 0 saturated heterocycles. The molecule has 0 aliphatic heterocycles. The summed E-state index contributed by atoms with van der Waals surface area (Å²) in [5, 5.41) is 11.3. The zero-order valence-electron chi connectivity index (χ0n) is 20.0. The second kappa shape index (κ2) is 8.99. The molecule has 0 bridgehead atoms. The Morgan fingerprint density at radius 2 is 1.79 bits per heavy atom. The highest BCUT2D eigenvalue weighted by Crippen LogP contribution is 2.33. The lowest BCUT2D eigenvalue weighted by molar-refractivity contribution is 0.474. The van der Waals surface area contributed by atoms with E-state index in [4.69, 9.17) is 4.98 Å². The van der Waals surface area contributed by atoms with E-state index < -0.39 is 0 Å². The van der Waals surface area contributed by atoms with Gasteiger partial charge in [-0.05, 0) is 66.1 Å². The SMILES string of the molecule is CCc1c(C)sc2nc(SCc3ccc(C(C)(C)C)cc3)n(-c3ccc(O)cc3C)c(=O)c12. The van der Waals surface area contributed by atoms with Gasteiger partial charge in [-0.1, -0.05) is 63.7 Å². The van der Waals surface area contributed by atoms with E-state index in [-0.39, 0.29) is 16.7 Å². The van der Waals surface area contributed by atoms with Crippen molar-refractivity contribution in [3.63, 3.8) is 0 Å². The molecule has 4 aromatic rings. The minimum atomic E-state index is -0.0411. The molecule has 0 aliphatic carbocycles. The van der Waals surface area contributed by atoms with Gasteiger partial charge < -0.3 is 5.11 Å². The van der Waals surface area contributed by atoms with Crippen molar-refractivity contribution in [1.82, 2.24) is 9.55 Å². The van der Waals surface area contributed by atoms with Gasteiger partial charge in [-0.25, -0.2) is 4.98 Å². The first-order valence-corrected chi connectivity index (χ1v) is 13.0. The number of hydrogen-bond donors (Lipinski definition) is 1. The number of thioether (sulfide) groups is 1. The van der Waals surface area contributed by atoms with Crippen molar-refractivity contribution < 1.29 is 5.11 Å². The minimum Gasteiger partial charge on any atom is -0.508 e. The van der Waals surface area contributed by atoms with Gasteiger partial charge in [-0.2, -0.15) is 0 Å². The average molecular weight is 479 g/mol. The van der Waals surface area contributed by atoms with Crippen molar-refractivity contribution >= 4 is 33.3 Å². The van der Waals surface area contributed by atoms with E-state index in [0.29, 0.717) is 16.3 Å². The van der Waals surface area contributed by atoms with Crippen LogP contribution in [0.25, 0.3) is 15.9 Å². The van der Waals surface area contributed by atoms with Gasteiger partial charge in [0.2, 0.25) is 0 Å². The summed E-state index contributed by atoms with van der Waals surface area (Å²) >= 11 is 3.16. The van der Waals surface area contributed by atoms with Crippen LogP contribution >= 0.6 is 23.1 Å². The van der Waals surface area contributed by atoms with Gasteiger partial charge in [0.1, 0.15) is 10.6 Å². The van der Waals surface area contributed by atoms with Crippen molar-refractivity contribution in [2.24, 2.45) is 0 Å². The third kappa shape index (κ3) is 4.59. The number of rotatable bonds is 5. The van der Waals surface area contributed by atoms with E-state index in [0.717, 1.165) is 32.9 Å². The Hall–Kier alpha value is -2.57. The number of thiophene rings is 1. The molecule has 2 aromatic carbocycles. The Bertz CT molecular complexity index is 1380. The van der Waals surface area contributed by atoms with Crippen molar-refractivity contribution in [1.29, 1.82) is 0 Å². The summed E-state index contributed by atoms with van der Waals surface area (Å²) in [5.41, 5.74) is 5.22. The number of aromatic hydroxyl groups is 1. The van der Waals surface area contributed by atoms with E-state index >= 15 is 0 Å². The Morgan fingerprint density at radius 1 is 1.09 bits per heavy atom. The smallest absolute Gasteiger partial charge is 0.267 e.